The summed E-state index contributed by atoms with van der Waals surface area (Å²) in [7, 11) is 2.15. The molecule has 0 radical (unpaired) electrons. The summed E-state index contributed by atoms with van der Waals surface area (Å²) >= 11 is 1.68. The molecule has 4 rings (SSSR count). The number of hydrogen-bond acceptors (Lipinski definition) is 7. The third kappa shape index (κ3) is 2.83. The van der Waals surface area contributed by atoms with Crippen molar-refractivity contribution in [3.8, 4) is 0 Å². The van der Waals surface area contributed by atoms with Gasteiger partial charge in [0.25, 0.3) is 0 Å². The number of anilines is 1. The van der Waals surface area contributed by atoms with Crippen molar-refractivity contribution in [2.75, 3.05) is 25.0 Å². The fourth-order valence-electron chi connectivity index (χ4n) is 2.77. The molecule has 0 bridgehead atoms. The number of aromatic nitrogens is 4. The van der Waals surface area contributed by atoms with Gasteiger partial charge in [0.05, 0.1) is 12.2 Å². The van der Waals surface area contributed by atoms with Crippen LogP contribution < -0.4 is 4.90 Å². The predicted octanol–water partition coefficient (Wildman–Crippen LogP) is 1.83. The third-order valence-electron chi connectivity index (χ3n) is 4.43. The number of nitrogens with zero attached hydrogens (tertiary/aromatic N) is 6. The van der Waals surface area contributed by atoms with Gasteiger partial charge >= 0.3 is 0 Å². The smallest absolute Gasteiger partial charge is 0.151 e. The zero-order chi connectivity index (χ0) is 15.1. The molecule has 2 fully saturated rings. The first-order valence-corrected chi connectivity index (χ1v) is 8.58. The minimum absolute atomic E-state index is 0.550. The maximum absolute atomic E-state index is 4.38. The van der Waals surface area contributed by atoms with Crippen molar-refractivity contribution in [2.45, 2.75) is 38.3 Å². The second-order valence-electron chi connectivity index (χ2n) is 6.28. The minimum atomic E-state index is 0.550. The van der Waals surface area contributed by atoms with Crippen molar-refractivity contribution in [3.63, 3.8) is 0 Å². The van der Waals surface area contributed by atoms with Gasteiger partial charge in [-0.05, 0) is 38.9 Å². The van der Waals surface area contributed by atoms with Crippen molar-refractivity contribution in [2.24, 2.45) is 0 Å². The molecule has 2 aromatic rings. The molecule has 1 aliphatic heterocycles. The maximum Gasteiger partial charge on any atom is 0.151 e. The van der Waals surface area contributed by atoms with Gasteiger partial charge in [0.1, 0.15) is 10.0 Å². The summed E-state index contributed by atoms with van der Waals surface area (Å²) in [6.45, 7) is 4.88. The van der Waals surface area contributed by atoms with Gasteiger partial charge in [-0.25, -0.2) is 0 Å². The van der Waals surface area contributed by atoms with Crippen LogP contribution in [0.25, 0.3) is 0 Å². The first-order chi connectivity index (χ1) is 10.7. The summed E-state index contributed by atoms with van der Waals surface area (Å²) in [4.78, 5) is 4.64. The van der Waals surface area contributed by atoms with Crippen molar-refractivity contribution >= 4 is 17.2 Å². The van der Waals surface area contributed by atoms with E-state index in [4.69, 9.17) is 0 Å². The SMILES string of the molecule is Cc1nnc(CN(C)C2CN(c3ccc(C4CC4)nn3)C2)s1. The molecule has 1 saturated carbocycles. The molecule has 6 nitrogen and oxygen atoms in total. The fraction of sp³-hybridized carbons (Fsp3) is 0.600. The first kappa shape index (κ1) is 14.0. The Morgan fingerprint density at radius 2 is 2.00 bits per heavy atom. The van der Waals surface area contributed by atoms with Crippen LogP contribution in [-0.4, -0.2) is 51.5 Å². The summed E-state index contributed by atoms with van der Waals surface area (Å²) in [5.74, 6) is 1.67. The van der Waals surface area contributed by atoms with Gasteiger partial charge in [-0.15, -0.1) is 26.6 Å². The highest BCUT2D eigenvalue weighted by molar-refractivity contribution is 7.11. The van der Waals surface area contributed by atoms with Crippen molar-refractivity contribution in [3.05, 3.63) is 27.8 Å². The van der Waals surface area contributed by atoms with Gasteiger partial charge in [0.15, 0.2) is 5.82 Å². The van der Waals surface area contributed by atoms with E-state index in [2.05, 4.69) is 49.4 Å². The Morgan fingerprint density at radius 1 is 1.18 bits per heavy atom. The molecule has 3 heterocycles. The fourth-order valence-corrected chi connectivity index (χ4v) is 3.54. The number of likely N-dealkylation sites (N-methyl/N-ethyl adjacent to an activating group) is 1. The van der Waals surface area contributed by atoms with E-state index in [1.54, 1.807) is 11.3 Å². The second kappa shape index (κ2) is 5.55. The lowest BCUT2D eigenvalue weighted by Crippen LogP contribution is -2.58. The van der Waals surface area contributed by atoms with Gasteiger partial charge in [-0.2, -0.15) is 5.10 Å². The molecule has 0 amide bonds. The van der Waals surface area contributed by atoms with E-state index in [-0.39, 0.29) is 0 Å². The number of hydrogen-bond donors (Lipinski definition) is 0. The lowest BCUT2D eigenvalue weighted by molar-refractivity contribution is 0.196. The summed E-state index contributed by atoms with van der Waals surface area (Å²) in [6, 6.07) is 4.81. The molecule has 0 N–H and O–H groups in total. The molecule has 0 atom stereocenters. The van der Waals surface area contributed by atoms with E-state index >= 15 is 0 Å². The monoisotopic (exact) mass is 316 g/mol. The molecular weight excluding hydrogens is 296 g/mol. The van der Waals surface area contributed by atoms with E-state index < -0.39 is 0 Å². The van der Waals surface area contributed by atoms with Gasteiger partial charge in [-0.3, -0.25) is 4.90 Å². The minimum Gasteiger partial charge on any atom is -0.352 e. The van der Waals surface area contributed by atoms with Gasteiger partial charge in [-0.1, -0.05) is 0 Å². The second-order valence-corrected chi connectivity index (χ2v) is 7.55. The molecule has 0 spiro atoms. The molecule has 1 saturated heterocycles. The van der Waals surface area contributed by atoms with Crippen LogP contribution in [0, 0.1) is 6.92 Å². The molecule has 2 aromatic heterocycles. The van der Waals surface area contributed by atoms with Crippen LogP contribution in [0.3, 0.4) is 0 Å². The quantitative estimate of drug-likeness (QED) is 0.839. The highest BCUT2D eigenvalue weighted by Gasteiger charge is 2.32. The van der Waals surface area contributed by atoms with E-state index in [9.17, 15) is 0 Å². The normalized spacial score (nSPS) is 18.8. The summed E-state index contributed by atoms with van der Waals surface area (Å²) in [5, 5.41) is 19.1. The van der Waals surface area contributed by atoms with Gasteiger partial charge in [0, 0.05) is 25.0 Å². The molecule has 7 heteroatoms. The average molecular weight is 316 g/mol. The Hall–Kier alpha value is -1.60. The van der Waals surface area contributed by atoms with Crippen LogP contribution in [0.4, 0.5) is 5.82 Å². The highest BCUT2D eigenvalue weighted by atomic mass is 32.1. The molecule has 0 aromatic carbocycles. The van der Waals surface area contributed by atoms with Gasteiger partial charge < -0.3 is 4.90 Å². The zero-order valence-corrected chi connectivity index (χ0v) is 13.8. The lowest BCUT2D eigenvalue weighted by atomic mass is 10.1. The average Bonchev–Trinajstić information content (AvgIpc) is 3.22. The van der Waals surface area contributed by atoms with Crippen LogP contribution >= 0.6 is 11.3 Å². The Bertz CT molecular complexity index is 644. The third-order valence-corrected chi connectivity index (χ3v) is 5.25. The van der Waals surface area contributed by atoms with E-state index in [0.29, 0.717) is 12.0 Å². The van der Waals surface area contributed by atoms with E-state index in [0.717, 1.165) is 41.2 Å². The highest BCUT2D eigenvalue weighted by Crippen LogP contribution is 2.38. The van der Waals surface area contributed by atoms with E-state index in [1.807, 2.05) is 6.92 Å². The largest absolute Gasteiger partial charge is 0.352 e. The Morgan fingerprint density at radius 3 is 2.59 bits per heavy atom. The standard InChI is InChI=1S/C15H20N6S/c1-10-16-19-15(22-10)9-20(2)12-7-21(8-12)14-6-5-13(17-18-14)11-3-4-11/h5-6,11-12H,3-4,7-9H2,1-2H3. The molecule has 2 aliphatic rings. The zero-order valence-electron chi connectivity index (χ0n) is 12.9. The van der Waals surface area contributed by atoms with Gasteiger partial charge in [0.2, 0.25) is 0 Å². The molecule has 22 heavy (non-hydrogen) atoms. The van der Waals surface area contributed by atoms with Crippen molar-refractivity contribution in [1.29, 1.82) is 0 Å². The molecular formula is C15H20N6S. The van der Waals surface area contributed by atoms with Crippen molar-refractivity contribution < 1.29 is 0 Å². The maximum atomic E-state index is 4.38. The van der Waals surface area contributed by atoms with Crippen LogP contribution in [0.15, 0.2) is 12.1 Å². The summed E-state index contributed by atoms with van der Waals surface area (Å²) in [6.07, 6.45) is 2.55. The molecule has 0 unspecified atom stereocenters. The Balaban J connectivity index is 1.31. The Labute approximate surface area is 134 Å². The number of rotatable bonds is 5. The molecule has 116 valence electrons. The predicted molar refractivity (Wildman–Crippen MR) is 86.1 cm³/mol. The summed E-state index contributed by atoms with van der Waals surface area (Å²) < 4.78 is 0. The van der Waals surface area contributed by atoms with Crippen LogP contribution in [0.5, 0.6) is 0 Å². The van der Waals surface area contributed by atoms with Crippen LogP contribution in [-0.2, 0) is 6.54 Å². The lowest BCUT2D eigenvalue weighted by Gasteiger charge is -2.44. The first-order valence-electron chi connectivity index (χ1n) is 7.77. The number of aryl methyl sites for hydroxylation is 1. The van der Waals surface area contributed by atoms with Crippen LogP contribution in [0.1, 0.15) is 34.5 Å². The van der Waals surface area contributed by atoms with Crippen LogP contribution in [0.2, 0.25) is 0 Å². The molecule has 1 aliphatic carbocycles. The van der Waals surface area contributed by atoms with E-state index in [1.165, 1.54) is 12.8 Å². The Kier molecular flexibility index (Phi) is 3.54. The van der Waals surface area contributed by atoms with Crippen molar-refractivity contribution in [1.82, 2.24) is 25.3 Å². The summed E-state index contributed by atoms with van der Waals surface area (Å²) in [5.41, 5.74) is 1.16. The topological polar surface area (TPSA) is 58.0 Å².